The summed E-state index contributed by atoms with van der Waals surface area (Å²) in [6.07, 6.45) is 2.44. The highest BCUT2D eigenvalue weighted by molar-refractivity contribution is 9.10. The summed E-state index contributed by atoms with van der Waals surface area (Å²) in [6, 6.07) is 14.7. The number of nitrogens with one attached hydrogen (secondary N) is 1. The number of carbonyl (C=O) groups excluding carboxylic acids is 1. The Kier molecular flexibility index (Phi) is 6.52. The molecule has 0 fully saturated rings. The van der Waals surface area contributed by atoms with E-state index in [0.717, 1.165) is 16.5 Å². The van der Waals surface area contributed by atoms with Crippen LogP contribution in [0.15, 0.2) is 52.0 Å². The van der Waals surface area contributed by atoms with E-state index < -0.39 is 0 Å². The zero-order valence-corrected chi connectivity index (χ0v) is 14.7. The second-order valence-corrected chi connectivity index (χ2v) is 5.79. The van der Waals surface area contributed by atoms with Gasteiger partial charge in [0.1, 0.15) is 5.75 Å². The van der Waals surface area contributed by atoms with E-state index in [1.807, 2.05) is 24.3 Å². The first-order chi connectivity index (χ1) is 11.6. The lowest BCUT2D eigenvalue weighted by Gasteiger charge is -2.08. The van der Waals surface area contributed by atoms with Crippen LogP contribution in [0, 0.1) is 11.3 Å². The van der Waals surface area contributed by atoms with Crippen LogP contribution in [0.1, 0.15) is 23.6 Å². The molecule has 0 unspecified atom stereocenters. The summed E-state index contributed by atoms with van der Waals surface area (Å²) in [5.41, 5.74) is 4.94. The number of hydrogen-bond donors (Lipinski definition) is 1. The molecule has 0 saturated heterocycles. The van der Waals surface area contributed by atoms with Gasteiger partial charge in [-0.25, -0.2) is 5.43 Å². The highest BCUT2D eigenvalue weighted by Gasteiger charge is 2.05. The van der Waals surface area contributed by atoms with Crippen molar-refractivity contribution in [1.82, 2.24) is 5.43 Å². The minimum Gasteiger partial charge on any atom is -0.483 e. The van der Waals surface area contributed by atoms with Gasteiger partial charge in [0.15, 0.2) is 6.61 Å². The normalized spacial score (nSPS) is 10.4. The van der Waals surface area contributed by atoms with Gasteiger partial charge in [-0.3, -0.25) is 4.79 Å². The smallest absolute Gasteiger partial charge is 0.277 e. The molecular weight excluding hydrogens is 370 g/mol. The molecule has 2 aromatic rings. The van der Waals surface area contributed by atoms with Gasteiger partial charge in [0.05, 0.1) is 22.3 Å². The summed E-state index contributed by atoms with van der Waals surface area (Å²) < 4.78 is 6.28. The Morgan fingerprint density at radius 2 is 2.08 bits per heavy atom. The van der Waals surface area contributed by atoms with Gasteiger partial charge in [0.25, 0.3) is 5.91 Å². The second-order valence-electron chi connectivity index (χ2n) is 4.93. The number of aryl methyl sites for hydroxylation is 1. The summed E-state index contributed by atoms with van der Waals surface area (Å²) in [5, 5.41) is 12.6. The van der Waals surface area contributed by atoms with Crippen LogP contribution >= 0.6 is 15.9 Å². The molecule has 2 rings (SSSR count). The van der Waals surface area contributed by atoms with Crippen molar-refractivity contribution in [2.24, 2.45) is 5.10 Å². The van der Waals surface area contributed by atoms with Crippen LogP contribution in [0.25, 0.3) is 0 Å². The lowest BCUT2D eigenvalue weighted by Crippen LogP contribution is -2.24. The van der Waals surface area contributed by atoms with Crippen molar-refractivity contribution in [1.29, 1.82) is 5.26 Å². The van der Waals surface area contributed by atoms with E-state index in [-0.39, 0.29) is 12.5 Å². The van der Waals surface area contributed by atoms with E-state index in [0.29, 0.717) is 11.3 Å². The number of halogens is 1. The van der Waals surface area contributed by atoms with Crippen molar-refractivity contribution < 1.29 is 9.53 Å². The van der Waals surface area contributed by atoms with E-state index >= 15 is 0 Å². The predicted octanol–water partition coefficient (Wildman–Crippen LogP) is 3.41. The molecule has 0 aliphatic rings. The molecule has 24 heavy (non-hydrogen) atoms. The van der Waals surface area contributed by atoms with Crippen LogP contribution in [0.5, 0.6) is 5.75 Å². The standard InChI is InChI=1S/C18H16BrN3O2/c1-2-13-7-8-17(16(19)9-13)24-12-18(23)22-21-11-15-5-3-14(10-20)4-6-15/h3-9,11H,2,12H2,1H3,(H,22,23)/b21-11+. The largest absolute Gasteiger partial charge is 0.483 e. The van der Waals surface area contributed by atoms with Crippen molar-refractivity contribution >= 4 is 28.1 Å². The van der Waals surface area contributed by atoms with Crippen molar-refractivity contribution in [3.8, 4) is 11.8 Å². The Bertz CT molecular complexity index is 780. The van der Waals surface area contributed by atoms with Crippen molar-refractivity contribution in [3.63, 3.8) is 0 Å². The number of nitriles is 1. The van der Waals surface area contributed by atoms with E-state index in [1.54, 1.807) is 24.3 Å². The quantitative estimate of drug-likeness (QED) is 0.611. The third kappa shape index (κ3) is 5.21. The molecule has 0 atom stereocenters. The van der Waals surface area contributed by atoms with E-state index in [9.17, 15) is 4.79 Å². The molecule has 0 bridgehead atoms. The molecule has 0 radical (unpaired) electrons. The van der Waals surface area contributed by atoms with Gasteiger partial charge < -0.3 is 4.74 Å². The Labute approximate surface area is 149 Å². The highest BCUT2D eigenvalue weighted by atomic mass is 79.9. The number of benzene rings is 2. The molecule has 0 aliphatic heterocycles. The molecule has 0 aliphatic carbocycles. The second kappa shape index (κ2) is 8.85. The maximum Gasteiger partial charge on any atom is 0.277 e. The van der Waals surface area contributed by atoms with Crippen LogP contribution in [0.3, 0.4) is 0 Å². The Hall–Kier alpha value is -2.65. The summed E-state index contributed by atoms with van der Waals surface area (Å²) in [7, 11) is 0. The number of carbonyl (C=O) groups is 1. The molecule has 0 aromatic heterocycles. The summed E-state index contributed by atoms with van der Waals surface area (Å²) in [6.45, 7) is 1.94. The number of amides is 1. The van der Waals surface area contributed by atoms with E-state index in [1.165, 1.54) is 11.8 Å². The van der Waals surface area contributed by atoms with Crippen LogP contribution in [0.4, 0.5) is 0 Å². The number of nitrogens with zero attached hydrogens (tertiary/aromatic N) is 2. The fourth-order valence-electron chi connectivity index (χ4n) is 1.88. The highest BCUT2D eigenvalue weighted by Crippen LogP contribution is 2.26. The van der Waals surface area contributed by atoms with E-state index in [4.69, 9.17) is 10.00 Å². The SMILES string of the molecule is CCc1ccc(OCC(=O)N/N=C/c2ccc(C#N)cc2)c(Br)c1. The minimum absolute atomic E-state index is 0.130. The van der Waals surface area contributed by atoms with Gasteiger partial charge in [-0.05, 0) is 57.7 Å². The molecule has 5 nitrogen and oxygen atoms in total. The van der Waals surface area contributed by atoms with Gasteiger partial charge in [-0.15, -0.1) is 0 Å². The van der Waals surface area contributed by atoms with Crippen LogP contribution < -0.4 is 10.2 Å². The van der Waals surface area contributed by atoms with Crippen LogP contribution in [0.2, 0.25) is 0 Å². The first-order valence-electron chi connectivity index (χ1n) is 7.35. The van der Waals surface area contributed by atoms with Crippen molar-refractivity contribution in [2.45, 2.75) is 13.3 Å². The number of rotatable bonds is 6. The minimum atomic E-state index is -0.355. The maximum atomic E-state index is 11.7. The molecule has 6 heteroatoms. The molecular formula is C18H16BrN3O2. The molecule has 0 saturated carbocycles. The molecule has 0 spiro atoms. The molecule has 2 aromatic carbocycles. The third-order valence-corrected chi connectivity index (χ3v) is 3.83. The molecule has 1 N–H and O–H groups in total. The summed E-state index contributed by atoms with van der Waals surface area (Å²) >= 11 is 3.42. The Balaban J connectivity index is 1.82. The fourth-order valence-corrected chi connectivity index (χ4v) is 2.42. The molecule has 122 valence electrons. The predicted molar refractivity (Wildman–Crippen MR) is 95.9 cm³/mol. The third-order valence-electron chi connectivity index (χ3n) is 3.21. The average Bonchev–Trinajstić information content (AvgIpc) is 2.61. The Morgan fingerprint density at radius 1 is 1.33 bits per heavy atom. The monoisotopic (exact) mass is 385 g/mol. The first kappa shape index (κ1) is 17.7. The lowest BCUT2D eigenvalue weighted by atomic mass is 10.2. The summed E-state index contributed by atoms with van der Waals surface area (Å²) in [4.78, 5) is 11.7. The number of hydrogen-bond acceptors (Lipinski definition) is 4. The number of hydrazone groups is 1. The molecule has 0 heterocycles. The van der Waals surface area contributed by atoms with E-state index in [2.05, 4.69) is 33.4 Å². The van der Waals surface area contributed by atoms with Crippen LogP contribution in [-0.4, -0.2) is 18.7 Å². The fraction of sp³-hybridized carbons (Fsp3) is 0.167. The Morgan fingerprint density at radius 3 is 2.71 bits per heavy atom. The average molecular weight is 386 g/mol. The van der Waals surface area contributed by atoms with Gasteiger partial charge in [-0.2, -0.15) is 10.4 Å². The van der Waals surface area contributed by atoms with Gasteiger partial charge in [0.2, 0.25) is 0 Å². The van der Waals surface area contributed by atoms with Gasteiger partial charge >= 0.3 is 0 Å². The van der Waals surface area contributed by atoms with Crippen molar-refractivity contribution in [2.75, 3.05) is 6.61 Å². The first-order valence-corrected chi connectivity index (χ1v) is 8.15. The van der Waals surface area contributed by atoms with Crippen molar-refractivity contribution in [3.05, 3.63) is 63.6 Å². The lowest BCUT2D eigenvalue weighted by molar-refractivity contribution is -0.123. The number of ether oxygens (including phenoxy) is 1. The van der Waals surface area contributed by atoms with Gasteiger partial charge in [-0.1, -0.05) is 25.1 Å². The zero-order valence-electron chi connectivity index (χ0n) is 13.1. The van der Waals surface area contributed by atoms with Crippen LogP contribution in [-0.2, 0) is 11.2 Å². The maximum absolute atomic E-state index is 11.7. The van der Waals surface area contributed by atoms with Gasteiger partial charge in [0, 0.05) is 0 Å². The zero-order chi connectivity index (χ0) is 17.4. The summed E-state index contributed by atoms with van der Waals surface area (Å²) in [5.74, 6) is 0.254. The topological polar surface area (TPSA) is 74.5 Å². The molecule has 1 amide bonds.